The minimum absolute atomic E-state index is 0.154. The molecule has 5 nitrogen and oxygen atoms in total. The van der Waals surface area contributed by atoms with E-state index in [0.717, 1.165) is 32.5 Å². The lowest BCUT2D eigenvalue weighted by atomic mass is 9.90. The van der Waals surface area contributed by atoms with Gasteiger partial charge in [-0.3, -0.25) is 4.79 Å². The van der Waals surface area contributed by atoms with Crippen molar-refractivity contribution in [2.45, 2.75) is 24.8 Å². The van der Waals surface area contributed by atoms with Gasteiger partial charge in [-0.05, 0) is 24.0 Å². The highest BCUT2D eigenvalue weighted by atomic mass is 16.1. The number of hydrogen-bond acceptors (Lipinski definition) is 4. The standard InChI is InChI=1S/C23H26N4O/c28-23-22(24-13-14-25-23)26-20-11-15-27(16-12-20)17-21(18-7-3-1-4-8-18)19-9-5-2-6-10-19/h1-10,13-14,20-21H,11-12,15-17H2,(H,24,26)(H,25,28). The second-order valence-electron chi connectivity index (χ2n) is 7.36. The Labute approximate surface area is 165 Å². The Balaban J connectivity index is 1.41. The largest absolute Gasteiger partial charge is 0.363 e. The molecule has 4 rings (SSSR count). The Morgan fingerprint density at radius 2 is 1.61 bits per heavy atom. The van der Waals surface area contributed by atoms with Crippen LogP contribution in [0.5, 0.6) is 0 Å². The molecule has 0 bridgehead atoms. The number of rotatable bonds is 6. The van der Waals surface area contributed by atoms with Crippen LogP contribution in [0.25, 0.3) is 0 Å². The Bertz CT molecular complexity index is 878. The predicted octanol–water partition coefficient (Wildman–Crippen LogP) is 3.48. The molecule has 0 saturated carbocycles. The van der Waals surface area contributed by atoms with Gasteiger partial charge in [0.1, 0.15) is 0 Å². The van der Waals surface area contributed by atoms with E-state index < -0.39 is 0 Å². The molecule has 2 heterocycles. The molecule has 2 N–H and O–H groups in total. The molecule has 144 valence electrons. The van der Waals surface area contributed by atoms with Crippen molar-refractivity contribution in [3.8, 4) is 0 Å². The van der Waals surface area contributed by atoms with Crippen molar-refractivity contribution in [3.05, 3.63) is 94.5 Å². The van der Waals surface area contributed by atoms with Gasteiger partial charge in [0, 0.05) is 44.0 Å². The molecule has 5 heteroatoms. The van der Waals surface area contributed by atoms with Gasteiger partial charge in [-0.1, -0.05) is 60.7 Å². The first-order chi connectivity index (χ1) is 13.8. The van der Waals surface area contributed by atoms with E-state index in [2.05, 4.69) is 80.8 Å². The number of nitrogens with zero attached hydrogens (tertiary/aromatic N) is 2. The first-order valence-electron chi connectivity index (χ1n) is 9.92. The summed E-state index contributed by atoms with van der Waals surface area (Å²) in [6, 6.07) is 21.8. The van der Waals surface area contributed by atoms with E-state index in [1.807, 2.05) is 0 Å². The lowest BCUT2D eigenvalue weighted by molar-refractivity contribution is 0.213. The van der Waals surface area contributed by atoms with E-state index >= 15 is 0 Å². The van der Waals surface area contributed by atoms with Crippen LogP contribution < -0.4 is 10.9 Å². The molecule has 3 aromatic rings. The van der Waals surface area contributed by atoms with Gasteiger partial charge in [-0.25, -0.2) is 4.98 Å². The quantitative estimate of drug-likeness (QED) is 0.693. The highest BCUT2D eigenvalue weighted by molar-refractivity contribution is 5.33. The maximum absolute atomic E-state index is 11.8. The molecule has 1 fully saturated rings. The highest BCUT2D eigenvalue weighted by Crippen LogP contribution is 2.27. The summed E-state index contributed by atoms with van der Waals surface area (Å²) in [6.45, 7) is 3.03. The SMILES string of the molecule is O=c1[nH]ccnc1NC1CCN(CC(c2ccccc2)c2ccccc2)CC1. The number of H-pyrrole nitrogens is 1. The Morgan fingerprint density at radius 1 is 1.00 bits per heavy atom. The average molecular weight is 374 g/mol. The normalized spacial score (nSPS) is 15.6. The fourth-order valence-corrected chi connectivity index (χ4v) is 3.94. The van der Waals surface area contributed by atoms with Crippen molar-refractivity contribution in [1.82, 2.24) is 14.9 Å². The van der Waals surface area contributed by atoms with Crippen molar-refractivity contribution < 1.29 is 0 Å². The van der Waals surface area contributed by atoms with Crippen LogP contribution in [0.3, 0.4) is 0 Å². The minimum atomic E-state index is -0.154. The minimum Gasteiger partial charge on any atom is -0.363 e. The lowest BCUT2D eigenvalue weighted by Gasteiger charge is -2.35. The molecule has 1 aliphatic heterocycles. The van der Waals surface area contributed by atoms with Crippen LogP contribution in [0.1, 0.15) is 29.9 Å². The zero-order valence-corrected chi connectivity index (χ0v) is 15.9. The van der Waals surface area contributed by atoms with E-state index in [4.69, 9.17) is 0 Å². The molecule has 1 aliphatic rings. The van der Waals surface area contributed by atoms with Crippen LogP contribution in [-0.2, 0) is 0 Å². The summed E-state index contributed by atoms with van der Waals surface area (Å²) in [5.74, 6) is 0.790. The van der Waals surface area contributed by atoms with Gasteiger partial charge in [0.05, 0.1) is 0 Å². The molecule has 1 saturated heterocycles. The van der Waals surface area contributed by atoms with E-state index in [1.54, 1.807) is 12.4 Å². The first kappa shape index (κ1) is 18.4. The molecule has 0 atom stereocenters. The summed E-state index contributed by atoms with van der Waals surface area (Å²) < 4.78 is 0. The second kappa shape index (κ2) is 8.85. The summed E-state index contributed by atoms with van der Waals surface area (Å²) in [4.78, 5) is 21.2. The molecule has 1 aromatic heterocycles. The lowest BCUT2D eigenvalue weighted by Crippen LogP contribution is -2.41. The molecular formula is C23H26N4O. The average Bonchev–Trinajstić information content (AvgIpc) is 2.76. The topological polar surface area (TPSA) is 61.0 Å². The maximum Gasteiger partial charge on any atom is 0.290 e. The van der Waals surface area contributed by atoms with Crippen LogP contribution in [0.2, 0.25) is 0 Å². The summed E-state index contributed by atoms with van der Waals surface area (Å²) in [5, 5.41) is 3.30. The molecule has 28 heavy (non-hydrogen) atoms. The van der Waals surface area contributed by atoms with Crippen LogP contribution in [0.4, 0.5) is 5.82 Å². The second-order valence-corrected chi connectivity index (χ2v) is 7.36. The zero-order valence-electron chi connectivity index (χ0n) is 15.9. The number of piperidine rings is 1. The van der Waals surface area contributed by atoms with Crippen LogP contribution in [0.15, 0.2) is 77.9 Å². The predicted molar refractivity (Wildman–Crippen MR) is 113 cm³/mol. The fraction of sp³-hybridized carbons (Fsp3) is 0.304. The van der Waals surface area contributed by atoms with Crippen LogP contribution in [-0.4, -0.2) is 40.5 Å². The zero-order chi connectivity index (χ0) is 19.2. The monoisotopic (exact) mass is 374 g/mol. The number of aromatic amines is 1. The smallest absolute Gasteiger partial charge is 0.290 e. The van der Waals surface area contributed by atoms with E-state index in [-0.39, 0.29) is 5.56 Å². The third kappa shape index (κ3) is 4.49. The van der Waals surface area contributed by atoms with Crippen molar-refractivity contribution in [2.24, 2.45) is 0 Å². The van der Waals surface area contributed by atoms with Crippen molar-refractivity contribution >= 4 is 5.82 Å². The third-order valence-electron chi connectivity index (χ3n) is 5.48. The number of hydrogen-bond donors (Lipinski definition) is 2. The molecule has 0 spiro atoms. The van der Waals surface area contributed by atoms with Crippen LogP contribution in [0, 0.1) is 0 Å². The number of nitrogens with one attached hydrogen (secondary N) is 2. The van der Waals surface area contributed by atoms with Gasteiger partial charge in [0.2, 0.25) is 0 Å². The number of anilines is 1. The van der Waals surface area contributed by atoms with E-state index in [9.17, 15) is 4.79 Å². The Morgan fingerprint density at radius 3 is 2.18 bits per heavy atom. The molecular weight excluding hydrogens is 348 g/mol. The third-order valence-corrected chi connectivity index (χ3v) is 5.48. The first-order valence-corrected chi connectivity index (χ1v) is 9.92. The van der Waals surface area contributed by atoms with Crippen molar-refractivity contribution in [1.29, 1.82) is 0 Å². The molecule has 0 unspecified atom stereocenters. The Hall–Kier alpha value is -2.92. The van der Waals surface area contributed by atoms with Crippen molar-refractivity contribution in [3.63, 3.8) is 0 Å². The van der Waals surface area contributed by atoms with Gasteiger partial charge < -0.3 is 15.2 Å². The van der Waals surface area contributed by atoms with Gasteiger partial charge in [-0.15, -0.1) is 0 Å². The molecule has 0 amide bonds. The van der Waals surface area contributed by atoms with E-state index in [0.29, 0.717) is 17.8 Å². The van der Waals surface area contributed by atoms with Gasteiger partial charge in [-0.2, -0.15) is 0 Å². The Kier molecular flexibility index (Phi) is 5.83. The fourth-order valence-electron chi connectivity index (χ4n) is 3.94. The summed E-state index contributed by atoms with van der Waals surface area (Å²) in [7, 11) is 0. The van der Waals surface area contributed by atoms with E-state index in [1.165, 1.54) is 11.1 Å². The number of benzene rings is 2. The molecule has 0 aliphatic carbocycles. The summed E-state index contributed by atoms with van der Waals surface area (Å²) in [5.41, 5.74) is 2.56. The van der Waals surface area contributed by atoms with Gasteiger partial charge in [0.25, 0.3) is 5.56 Å². The maximum atomic E-state index is 11.8. The van der Waals surface area contributed by atoms with Gasteiger partial charge in [0.15, 0.2) is 5.82 Å². The number of aromatic nitrogens is 2. The molecule has 0 radical (unpaired) electrons. The molecule has 2 aromatic carbocycles. The summed E-state index contributed by atoms with van der Waals surface area (Å²) in [6.07, 6.45) is 5.19. The van der Waals surface area contributed by atoms with Crippen molar-refractivity contribution in [2.75, 3.05) is 25.0 Å². The summed E-state index contributed by atoms with van der Waals surface area (Å²) >= 11 is 0. The highest BCUT2D eigenvalue weighted by Gasteiger charge is 2.24. The van der Waals surface area contributed by atoms with Crippen LogP contribution >= 0.6 is 0 Å². The number of likely N-dealkylation sites (tertiary alicyclic amines) is 1. The van der Waals surface area contributed by atoms with Gasteiger partial charge >= 0.3 is 0 Å².